The van der Waals surface area contributed by atoms with Crippen LogP contribution < -0.4 is 4.74 Å². The van der Waals surface area contributed by atoms with Gasteiger partial charge in [0.25, 0.3) is 5.69 Å². The number of hydrogen-bond donors (Lipinski definition) is 1. The summed E-state index contributed by atoms with van der Waals surface area (Å²) in [6.45, 7) is 0.260. The highest BCUT2D eigenvalue weighted by atomic mass is 16.6. The number of aliphatic hydroxyl groups is 1. The fourth-order valence-electron chi connectivity index (χ4n) is 1.83. The standard InChI is InChI=1S/C15H21N2O6/c1-17(2,3)10-14(19)13(18)8-9-15(20)23-12-6-4-11(5-7-12)16(21)22/h4-7,14,19H,8-10H2,1-3H3/q+1. The normalized spacial score (nSPS) is 12.5. The number of hydrogen-bond acceptors (Lipinski definition) is 6. The van der Waals surface area contributed by atoms with E-state index in [0.29, 0.717) is 4.48 Å². The smallest absolute Gasteiger partial charge is 0.311 e. The Morgan fingerprint density at radius 3 is 2.26 bits per heavy atom. The van der Waals surface area contributed by atoms with E-state index in [1.165, 1.54) is 24.3 Å². The Morgan fingerprint density at radius 1 is 1.22 bits per heavy atom. The van der Waals surface area contributed by atoms with E-state index < -0.39 is 22.8 Å². The third kappa shape index (κ3) is 6.98. The zero-order valence-electron chi connectivity index (χ0n) is 13.4. The van der Waals surface area contributed by atoms with E-state index in [-0.39, 0.29) is 30.8 Å². The molecule has 0 aromatic heterocycles. The van der Waals surface area contributed by atoms with Crippen LogP contribution in [0.25, 0.3) is 0 Å². The summed E-state index contributed by atoms with van der Waals surface area (Å²) in [4.78, 5) is 33.4. The molecule has 0 saturated heterocycles. The van der Waals surface area contributed by atoms with E-state index in [1.807, 2.05) is 21.1 Å². The van der Waals surface area contributed by atoms with Crippen molar-refractivity contribution in [1.82, 2.24) is 0 Å². The lowest BCUT2D eigenvalue weighted by atomic mass is 10.1. The highest BCUT2D eigenvalue weighted by molar-refractivity contribution is 5.86. The number of likely N-dealkylation sites (N-methyl/N-ethyl adjacent to an activating group) is 1. The van der Waals surface area contributed by atoms with Crippen LogP contribution in [-0.4, -0.2) is 60.1 Å². The van der Waals surface area contributed by atoms with Crippen LogP contribution >= 0.6 is 0 Å². The fourth-order valence-corrected chi connectivity index (χ4v) is 1.83. The van der Waals surface area contributed by atoms with E-state index in [9.17, 15) is 24.8 Å². The number of nitro groups is 1. The second kappa shape index (κ2) is 7.80. The maximum atomic E-state index is 11.8. The van der Waals surface area contributed by atoms with E-state index in [1.54, 1.807) is 0 Å². The molecule has 1 unspecified atom stereocenters. The molecule has 8 heteroatoms. The molecule has 126 valence electrons. The van der Waals surface area contributed by atoms with Crippen molar-refractivity contribution in [1.29, 1.82) is 0 Å². The van der Waals surface area contributed by atoms with Crippen molar-refractivity contribution >= 4 is 17.4 Å². The van der Waals surface area contributed by atoms with Crippen LogP contribution in [0.4, 0.5) is 5.69 Å². The third-order valence-corrected chi connectivity index (χ3v) is 2.95. The number of nitro benzene ring substituents is 1. The lowest BCUT2D eigenvalue weighted by Gasteiger charge is -2.26. The van der Waals surface area contributed by atoms with Gasteiger partial charge >= 0.3 is 5.97 Å². The molecular formula is C15H21N2O6+. The molecule has 0 aliphatic rings. The maximum Gasteiger partial charge on any atom is 0.311 e. The maximum absolute atomic E-state index is 11.8. The van der Waals surface area contributed by atoms with Gasteiger partial charge in [0.05, 0.1) is 32.5 Å². The van der Waals surface area contributed by atoms with Gasteiger partial charge in [-0.15, -0.1) is 0 Å². The molecule has 0 heterocycles. The van der Waals surface area contributed by atoms with Gasteiger partial charge in [-0.05, 0) is 12.1 Å². The molecule has 0 amide bonds. The van der Waals surface area contributed by atoms with Gasteiger partial charge in [-0.2, -0.15) is 0 Å². The molecule has 1 rings (SSSR count). The van der Waals surface area contributed by atoms with Crippen LogP contribution in [0.5, 0.6) is 5.75 Å². The number of rotatable bonds is 8. The Bertz CT molecular complexity index is 577. The monoisotopic (exact) mass is 325 g/mol. The molecule has 1 N–H and O–H groups in total. The molecule has 1 aromatic rings. The van der Waals surface area contributed by atoms with E-state index in [0.717, 1.165) is 0 Å². The first-order valence-electron chi connectivity index (χ1n) is 7.05. The predicted molar refractivity (Wildman–Crippen MR) is 81.9 cm³/mol. The molecule has 1 atom stereocenters. The number of carbonyl (C=O) groups excluding carboxylic acids is 2. The predicted octanol–water partition coefficient (Wildman–Crippen LogP) is 0.917. The average molecular weight is 325 g/mol. The number of benzene rings is 1. The quantitative estimate of drug-likeness (QED) is 0.250. The molecule has 0 radical (unpaired) electrons. The van der Waals surface area contributed by atoms with Gasteiger partial charge < -0.3 is 14.3 Å². The second-order valence-electron chi connectivity index (χ2n) is 6.18. The Labute approximate surface area is 134 Å². The summed E-state index contributed by atoms with van der Waals surface area (Å²) in [5.41, 5.74) is -0.108. The van der Waals surface area contributed by atoms with Crippen molar-refractivity contribution < 1.29 is 28.8 Å². The largest absolute Gasteiger partial charge is 0.427 e. The number of esters is 1. The Kier molecular flexibility index (Phi) is 6.35. The van der Waals surface area contributed by atoms with Crippen molar-refractivity contribution in [3.63, 3.8) is 0 Å². The van der Waals surface area contributed by atoms with E-state index in [2.05, 4.69) is 0 Å². The van der Waals surface area contributed by atoms with Gasteiger partial charge in [-0.3, -0.25) is 19.7 Å². The molecule has 0 saturated carbocycles. The molecule has 0 aliphatic heterocycles. The molecule has 8 nitrogen and oxygen atoms in total. The van der Waals surface area contributed by atoms with Crippen LogP contribution in [0.2, 0.25) is 0 Å². The molecule has 0 fully saturated rings. The molecule has 0 aliphatic carbocycles. The van der Waals surface area contributed by atoms with Gasteiger partial charge in [-0.25, -0.2) is 0 Å². The van der Waals surface area contributed by atoms with Crippen molar-refractivity contribution in [2.24, 2.45) is 0 Å². The van der Waals surface area contributed by atoms with Crippen molar-refractivity contribution in [3.8, 4) is 5.75 Å². The number of Topliss-reactive ketones (excluding diaryl/α,β-unsaturated/α-hetero) is 1. The zero-order chi connectivity index (χ0) is 17.6. The Morgan fingerprint density at radius 2 is 1.78 bits per heavy atom. The van der Waals surface area contributed by atoms with Crippen LogP contribution in [0, 0.1) is 10.1 Å². The number of non-ortho nitro benzene ring substituents is 1. The molecular weight excluding hydrogens is 304 g/mol. The van der Waals surface area contributed by atoms with Crippen LogP contribution in [-0.2, 0) is 9.59 Å². The molecule has 23 heavy (non-hydrogen) atoms. The van der Waals surface area contributed by atoms with Gasteiger partial charge in [0.2, 0.25) is 0 Å². The summed E-state index contributed by atoms with van der Waals surface area (Å²) in [5.74, 6) is -0.886. The lowest BCUT2D eigenvalue weighted by molar-refractivity contribution is -0.872. The fraction of sp³-hybridized carbons (Fsp3) is 0.467. The zero-order valence-corrected chi connectivity index (χ0v) is 13.4. The highest BCUT2D eigenvalue weighted by Gasteiger charge is 2.23. The average Bonchev–Trinajstić information content (AvgIpc) is 2.43. The number of nitrogens with zero attached hydrogens (tertiary/aromatic N) is 2. The summed E-state index contributed by atoms with van der Waals surface area (Å²) in [7, 11) is 5.54. The van der Waals surface area contributed by atoms with Gasteiger partial charge in [0, 0.05) is 18.6 Å². The molecule has 0 bridgehead atoms. The number of carbonyl (C=O) groups is 2. The van der Waals surface area contributed by atoms with Gasteiger partial charge in [0.1, 0.15) is 12.3 Å². The molecule has 0 spiro atoms. The number of quaternary nitrogens is 1. The number of aliphatic hydroxyl groups excluding tert-OH is 1. The highest BCUT2D eigenvalue weighted by Crippen LogP contribution is 2.18. The topological polar surface area (TPSA) is 107 Å². The van der Waals surface area contributed by atoms with Crippen molar-refractivity contribution in [2.75, 3.05) is 27.7 Å². The third-order valence-electron chi connectivity index (χ3n) is 2.95. The first kappa shape index (κ1) is 18.7. The summed E-state index contributed by atoms with van der Waals surface area (Å²) >= 11 is 0. The summed E-state index contributed by atoms with van der Waals surface area (Å²) in [5, 5.41) is 20.3. The minimum Gasteiger partial charge on any atom is -0.427 e. The number of ketones is 1. The minimum atomic E-state index is -1.12. The number of ether oxygens (including phenoxy) is 1. The SMILES string of the molecule is C[N+](C)(C)CC(O)C(=O)CCC(=O)Oc1ccc([N+](=O)[O-])cc1. The molecule has 1 aromatic carbocycles. The lowest BCUT2D eigenvalue weighted by Crippen LogP contribution is -2.44. The summed E-state index contributed by atoms with van der Waals surface area (Å²) < 4.78 is 5.41. The van der Waals surface area contributed by atoms with Gasteiger partial charge in [0.15, 0.2) is 11.9 Å². The Balaban J connectivity index is 2.45. The van der Waals surface area contributed by atoms with Gasteiger partial charge in [-0.1, -0.05) is 0 Å². The van der Waals surface area contributed by atoms with Crippen molar-refractivity contribution in [3.05, 3.63) is 34.4 Å². The van der Waals surface area contributed by atoms with E-state index in [4.69, 9.17) is 4.74 Å². The second-order valence-corrected chi connectivity index (χ2v) is 6.18. The van der Waals surface area contributed by atoms with Crippen molar-refractivity contribution in [2.45, 2.75) is 18.9 Å². The minimum absolute atomic E-state index is 0.108. The van der Waals surface area contributed by atoms with Crippen LogP contribution in [0.3, 0.4) is 0 Å². The van der Waals surface area contributed by atoms with Crippen LogP contribution in [0.1, 0.15) is 12.8 Å². The summed E-state index contributed by atoms with van der Waals surface area (Å²) in [6, 6.07) is 5.06. The van der Waals surface area contributed by atoms with E-state index >= 15 is 0 Å². The first-order valence-corrected chi connectivity index (χ1v) is 7.05. The van der Waals surface area contributed by atoms with Crippen LogP contribution in [0.15, 0.2) is 24.3 Å². The first-order chi connectivity index (χ1) is 10.6. The Hall–Kier alpha value is -2.32. The summed E-state index contributed by atoms with van der Waals surface area (Å²) in [6.07, 6.45) is -1.40.